The zero-order chi connectivity index (χ0) is 20.9. The van der Waals surface area contributed by atoms with Crippen LogP contribution in [0, 0.1) is 5.92 Å². The fraction of sp³-hybridized carbons (Fsp3) is 0.318. The first-order valence-corrected chi connectivity index (χ1v) is 9.48. The molecule has 2 aliphatic heterocycles. The van der Waals surface area contributed by atoms with Crippen LogP contribution in [0.3, 0.4) is 0 Å². The highest BCUT2D eigenvalue weighted by molar-refractivity contribution is 6.23. The van der Waals surface area contributed by atoms with Crippen molar-refractivity contribution in [1.82, 2.24) is 4.90 Å². The normalized spacial score (nSPS) is 17.5. The average Bonchev–Trinajstić information content (AvgIpc) is 3.09. The molecule has 0 spiro atoms. The third kappa shape index (κ3) is 3.22. The zero-order valence-corrected chi connectivity index (χ0v) is 16.7. The molecule has 7 nitrogen and oxygen atoms in total. The van der Waals surface area contributed by atoms with Gasteiger partial charge in [0, 0.05) is 25.6 Å². The molecule has 0 radical (unpaired) electrons. The second kappa shape index (κ2) is 6.62. The number of benzene rings is 2. The summed E-state index contributed by atoms with van der Waals surface area (Å²) in [6.45, 7) is 7.19. The first-order chi connectivity index (χ1) is 13.7. The number of carbonyl (C=O) groups is 3. The molecule has 4 rings (SSSR count). The van der Waals surface area contributed by atoms with Gasteiger partial charge in [-0.3, -0.25) is 19.3 Å². The van der Waals surface area contributed by atoms with Gasteiger partial charge in [0.2, 0.25) is 11.7 Å². The van der Waals surface area contributed by atoms with Gasteiger partial charge >= 0.3 is 0 Å². The molecule has 3 amide bonds. The molecule has 0 saturated heterocycles. The van der Waals surface area contributed by atoms with Crippen molar-refractivity contribution >= 4 is 23.4 Å². The van der Waals surface area contributed by atoms with Crippen LogP contribution in [0.1, 0.15) is 48.4 Å². The molecule has 2 aliphatic rings. The van der Waals surface area contributed by atoms with E-state index in [4.69, 9.17) is 9.47 Å². The lowest BCUT2D eigenvalue weighted by atomic mass is 10.0. The topological polar surface area (TPSA) is 84.9 Å². The van der Waals surface area contributed by atoms with Crippen LogP contribution in [0.2, 0.25) is 0 Å². The number of rotatable bonds is 4. The molecule has 2 heterocycles. The SMILES string of the molecule is CC(C)C(C(=O)Nc1ccc2c(c1)OC(C)(C)O2)N1C(=O)c2ccccc2C1=O. The van der Waals surface area contributed by atoms with E-state index in [-0.39, 0.29) is 5.92 Å². The van der Waals surface area contributed by atoms with Crippen molar-refractivity contribution in [3.8, 4) is 11.5 Å². The van der Waals surface area contributed by atoms with Gasteiger partial charge in [-0.25, -0.2) is 0 Å². The summed E-state index contributed by atoms with van der Waals surface area (Å²) in [5.74, 6) is -1.27. The van der Waals surface area contributed by atoms with Crippen molar-refractivity contribution in [3.63, 3.8) is 0 Å². The quantitative estimate of drug-likeness (QED) is 0.803. The number of hydrogen-bond acceptors (Lipinski definition) is 5. The molecule has 2 aromatic carbocycles. The van der Waals surface area contributed by atoms with Crippen molar-refractivity contribution < 1.29 is 23.9 Å². The van der Waals surface area contributed by atoms with Crippen molar-refractivity contribution in [2.24, 2.45) is 5.92 Å². The lowest BCUT2D eigenvalue weighted by Crippen LogP contribution is -2.50. The Balaban J connectivity index is 1.59. The molecule has 29 heavy (non-hydrogen) atoms. The number of imide groups is 1. The molecule has 0 fully saturated rings. The fourth-order valence-corrected chi connectivity index (χ4v) is 3.70. The summed E-state index contributed by atoms with van der Waals surface area (Å²) in [5.41, 5.74) is 1.14. The summed E-state index contributed by atoms with van der Waals surface area (Å²) in [7, 11) is 0. The van der Waals surface area contributed by atoms with Gasteiger partial charge in [0.05, 0.1) is 11.1 Å². The number of nitrogens with one attached hydrogen (secondary N) is 1. The second-order valence-corrected chi connectivity index (χ2v) is 7.97. The Labute approximate surface area is 168 Å². The Morgan fingerprint density at radius 3 is 2.14 bits per heavy atom. The number of hydrogen-bond donors (Lipinski definition) is 1. The van der Waals surface area contributed by atoms with Crippen molar-refractivity contribution in [2.75, 3.05) is 5.32 Å². The maximum absolute atomic E-state index is 13.1. The predicted molar refractivity (Wildman–Crippen MR) is 106 cm³/mol. The number of nitrogens with zero attached hydrogens (tertiary/aromatic N) is 1. The van der Waals surface area contributed by atoms with Crippen LogP contribution in [0.5, 0.6) is 11.5 Å². The molecule has 0 bridgehead atoms. The fourth-order valence-electron chi connectivity index (χ4n) is 3.70. The molecule has 1 atom stereocenters. The van der Waals surface area contributed by atoms with Gasteiger partial charge < -0.3 is 14.8 Å². The third-order valence-electron chi connectivity index (χ3n) is 4.93. The number of amides is 3. The van der Waals surface area contributed by atoms with E-state index in [0.717, 1.165) is 4.90 Å². The highest BCUT2D eigenvalue weighted by Gasteiger charge is 2.44. The molecule has 0 aliphatic carbocycles. The number of ether oxygens (including phenoxy) is 2. The summed E-state index contributed by atoms with van der Waals surface area (Å²) in [5, 5.41) is 2.80. The van der Waals surface area contributed by atoms with Crippen LogP contribution < -0.4 is 14.8 Å². The summed E-state index contributed by atoms with van der Waals surface area (Å²) >= 11 is 0. The zero-order valence-electron chi connectivity index (χ0n) is 16.7. The Morgan fingerprint density at radius 2 is 1.55 bits per heavy atom. The number of anilines is 1. The Hall–Kier alpha value is -3.35. The van der Waals surface area contributed by atoms with Crippen molar-refractivity contribution in [3.05, 3.63) is 53.6 Å². The van der Waals surface area contributed by atoms with Crippen LogP contribution in [0.4, 0.5) is 5.69 Å². The van der Waals surface area contributed by atoms with E-state index in [1.54, 1.807) is 70.2 Å². The number of fused-ring (bicyclic) bond motifs is 2. The average molecular weight is 394 g/mol. The summed E-state index contributed by atoms with van der Waals surface area (Å²) in [4.78, 5) is 39.8. The van der Waals surface area contributed by atoms with Gasteiger partial charge in [0.15, 0.2) is 11.5 Å². The minimum atomic E-state index is -0.940. The smallest absolute Gasteiger partial charge is 0.262 e. The molecular formula is C22H22N2O5. The van der Waals surface area contributed by atoms with Gasteiger partial charge in [-0.05, 0) is 30.2 Å². The highest BCUT2D eigenvalue weighted by Crippen LogP contribution is 2.40. The largest absolute Gasteiger partial charge is 0.449 e. The van der Waals surface area contributed by atoms with E-state index in [1.807, 2.05) is 0 Å². The summed E-state index contributed by atoms with van der Waals surface area (Å²) in [6.07, 6.45) is 0. The molecule has 0 aromatic heterocycles. The van der Waals surface area contributed by atoms with Gasteiger partial charge in [-0.2, -0.15) is 0 Å². The van der Waals surface area contributed by atoms with Crippen LogP contribution in [0.15, 0.2) is 42.5 Å². The standard InChI is InChI=1S/C22H22N2O5/c1-12(2)18(24-20(26)14-7-5-6-8-15(14)21(24)27)19(25)23-13-9-10-16-17(11-13)29-22(3,4)28-16/h5-12,18H,1-4H3,(H,23,25). The van der Waals surface area contributed by atoms with Crippen molar-refractivity contribution in [2.45, 2.75) is 39.5 Å². The summed E-state index contributed by atoms with van der Waals surface area (Å²) in [6, 6.07) is 10.7. The number of carbonyl (C=O) groups excluding carboxylic acids is 3. The van der Waals surface area contributed by atoms with Crippen LogP contribution in [-0.2, 0) is 4.79 Å². The Kier molecular flexibility index (Phi) is 4.33. The van der Waals surface area contributed by atoms with Crippen molar-refractivity contribution in [1.29, 1.82) is 0 Å². The van der Waals surface area contributed by atoms with E-state index in [2.05, 4.69) is 5.32 Å². The Morgan fingerprint density at radius 1 is 0.966 bits per heavy atom. The lowest BCUT2D eigenvalue weighted by Gasteiger charge is -2.28. The molecule has 7 heteroatoms. The molecule has 0 saturated carbocycles. The van der Waals surface area contributed by atoms with Crippen LogP contribution >= 0.6 is 0 Å². The third-order valence-corrected chi connectivity index (χ3v) is 4.93. The van der Waals surface area contributed by atoms with E-state index in [0.29, 0.717) is 28.3 Å². The first-order valence-electron chi connectivity index (χ1n) is 9.48. The molecular weight excluding hydrogens is 372 g/mol. The van der Waals surface area contributed by atoms with Gasteiger partial charge in [0.25, 0.3) is 11.8 Å². The molecule has 1 unspecified atom stereocenters. The van der Waals surface area contributed by atoms with Crippen LogP contribution in [0.25, 0.3) is 0 Å². The van der Waals surface area contributed by atoms with E-state index >= 15 is 0 Å². The van der Waals surface area contributed by atoms with Gasteiger partial charge in [-0.15, -0.1) is 0 Å². The summed E-state index contributed by atoms with van der Waals surface area (Å²) < 4.78 is 11.4. The van der Waals surface area contributed by atoms with E-state index < -0.39 is 29.6 Å². The maximum Gasteiger partial charge on any atom is 0.262 e. The first kappa shape index (κ1) is 19.0. The molecule has 1 N–H and O–H groups in total. The van der Waals surface area contributed by atoms with E-state index in [9.17, 15) is 14.4 Å². The highest BCUT2D eigenvalue weighted by atomic mass is 16.7. The molecule has 2 aromatic rings. The van der Waals surface area contributed by atoms with Crippen LogP contribution in [-0.4, -0.2) is 34.5 Å². The minimum Gasteiger partial charge on any atom is -0.449 e. The molecule has 150 valence electrons. The second-order valence-electron chi connectivity index (χ2n) is 7.97. The minimum absolute atomic E-state index is 0.273. The van der Waals surface area contributed by atoms with Gasteiger partial charge in [-0.1, -0.05) is 26.0 Å². The monoisotopic (exact) mass is 394 g/mol. The predicted octanol–water partition coefficient (Wildman–Crippen LogP) is 3.45. The van der Waals surface area contributed by atoms with E-state index in [1.165, 1.54) is 0 Å². The lowest BCUT2D eigenvalue weighted by molar-refractivity contribution is -0.121. The maximum atomic E-state index is 13.1. The van der Waals surface area contributed by atoms with Gasteiger partial charge in [0.1, 0.15) is 6.04 Å². The Bertz CT molecular complexity index is 993.